The summed E-state index contributed by atoms with van der Waals surface area (Å²) < 4.78 is 0. The molecule has 0 bridgehead atoms. The van der Waals surface area contributed by atoms with Gasteiger partial charge in [0.1, 0.15) is 5.82 Å². The van der Waals surface area contributed by atoms with Crippen LogP contribution in [0.3, 0.4) is 0 Å². The second-order valence-corrected chi connectivity index (χ2v) is 10.3. The van der Waals surface area contributed by atoms with Crippen LogP contribution in [0.1, 0.15) is 30.4 Å². The van der Waals surface area contributed by atoms with Crippen LogP contribution >= 0.6 is 0 Å². The number of anilines is 3. The van der Waals surface area contributed by atoms with Crippen LogP contribution in [0, 0.1) is 11.8 Å². The summed E-state index contributed by atoms with van der Waals surface area (Å²) in [4.78, 5) is 29.0. The van der Waals surface area contributed by atoms with Crippen molar-refractivity contribution in [1.29, 1.82) is 0 Å². The molecule has 1 fully saturated rings. The van der Waals surface area contributed by atoms with Gasteiger partial charge >= 0.3 is 0 Å². The van der Waals surface area contributed by atoms with Crippen molar-refractivity contribution in [2.24, 2.45) is 17.6 Å². The van der Waals surface area contributed by atoms with E-state index in [-0.39, 0.29) is 17.9 Å². The van der Waals surface area contributed by atoms with Gasteiger partial charge in [0.2, 0.25) is 11.9 Å². The lowest BCUT2D eigenvalue weighted by atomic mass is 9.89. The maximum absolute atomic E-state index is 12.5. The van der Waals surface area contributed by atoms with Gasteiger partial charge in [-0.05, 0) is 61.3 Å². The monoisotopic (exact) mass is 504 g/mol. The number of fused-ring (bicyclic) bond motifs is 1. The third-order valence-corrected chi connectivity index (χ3v) is 7.57. The number of hydrogen-bond donors (Lipinski definition) is 2. The molecule has 1 unspecified atom stereocenters. The van der Waals surface area contributed by atoms with Gasteiger partial charge < -0.3 is 16.0 Å². The molecule has 4 aromatic rings. The van der Waals surface area contributed by atoms with Crippen molar-refractivity contribution in [3.8, 4) is 11.3 Å². The number of benzene rings is 2. The number of aryl methyl sites for hydroxylation is 1. The Morgan fingerprint density at radius 3 is 2.53 bits per heavy atom. The van der Waals surface area contributed by atoms with Crippen molar-refractivity contribution in [2.75, 3.05) is 16.8 Å². The molecule has 2 aliphatic rings. The summed E-state index contributed by atoms with van der Waals surface area (Å²) in [5, 5.41) is 3.51. The van der Waals surface area contributed by atoms with Crippen molar-refractivity contribution >= 4 is 23.4 Å². The smallest absolute Gasteiger partial charge is 0.224 e. The van der Waals surface area contributed by atoms with Crippen LogP contribution in [0.5, 0.6) is 0 Å². The number of carbonyl (C=O) groups excluding carboxylic acids is 1. The maximum Gasteiger partial charge on any atom is 0.224 e. The molecule has 7 nitrogen and oxygen atoms in total. The summed E-state index contributed by atoms with van der Waals surface area (Å²) >= 11 is 0. The molecule has 1 aliphatic carbocycles. The summed E-state index contributed by atoms with van der Waals surface area (Å²) in [6.45, 7) is 0.862. The number of nitrogens with one attached hydrogen (secondary N) is 1. The van der Waals surface area contributed by atoms with Gasteiger partial charge in [0.15, 0.2) is 0 Å². The van der Waals surface area contributed by atoms with Crippen LogP contribution in [0.15, 0.2) is 85.2 Å². The first-order chi connectivity index (χ1) is 18.7. The van der Waals surface area contributed by atoms with E-state index in [1.165, 1.54) is 5.56 Å². The van der Waals surface area contributed by atoms with Crippen molar-refractivity contribution in [3.05, 3.63) is 96.3 Å². The van der Waals surface area contributed by atoms with E-state index in [9.17, 15) is 4.79 Å². The Labute approximate surface area is 223 Å². The number of carbonyl (C=O) groups is 1. The Kier molecular flexibility index (Phi) is 6.73. The number of aromatic nitrogens is 3. The molecule has 1 amide bonds. The highest BCUT2D eigenvalue weighted by Gasteiger charge is 2.40. The van der Waals surface area contributed by atoms with Gasteiger partial charge in [-0.2, -0.15) is 4.98 Å². The number of primary amides is 1. The van der Waals surface area contributed by atoms with Crippen LogP contribution in [-0.2, 0) is 17.6 Å². The molecule has 7 heteroatoms. The third kappa shape index (κ3) is 5.23. The number of rotatable bonds is 9. The summed E-state index contributed by atoms with van der Waals surface area (Å²) in [5.74, 6) is 1.13. The van der Waals surface area contributed by atoms with Crippen LogP contribution in [0.25, 0.3) is 11.3 Å². The van der Waals surface area contributed by atoms with E-state index in [1.807, 2.05) is 48.7 Å². The number of amides is 1. The second kappa shape index (κ2) is 10.6. The molecular formula is C31H32N6O. The van der Waals surface area contributed by atoms with E-state index in [2.05, 4.69) is 45.5 Å². The summed E-state index contributed by atoms with van der Waals surface area (Å²) in [6.07, 6.45) is 8.53. The molecule has 2 aromatic carbocycles. The molecule has 0 radical (unpaired) electrons. The number of pyridine rings is 1. The van der Waals surface area contributed by atoms with Crippen molar-refractivity contribution in [3.63, 3.8) is 0 Å². The van der Waals surface area contributed by atoms with E-state index >= 15 is 0 Å². The van der Waals surface area contributed by atoms with Gasteiger partial charge in [0.25, 0.3) is 0 Å². The molecule has 0 saturated heterocycles. The molecule has 38 heavy (non-hydrogen) atoms. The predicted octanol–water partition coefficient (Wildman–Crippen LogP) is 5.16. The van der Waals surface area contributed by atoms with Gasteiger partial charge in [0.05, 0.1) is 11.6 Å². The summed E-state index contributed by atoms with van der Waals surface area (Å²) in [5.41, 5.74) is 11.4. The third-order valence-electron chi connectivity index (χ3n) is 7.57. The van der Waals surface area contributed by atoms with Crippen LogP contribution in [0.4, 0.5) is 17.5 Å². The zero-order valence-corrected chi connectivity index (χ0v) is 21.3. The first-order valence-corrected chi connectivity index (χ1v) is 13.4. The lowest BCUT2D eigenvalue weighted by molar-refractivity contribution is -0.122. The fraction of sp³-hybridized carbons (Fsp3) is 0.290. The van der Waals surface area contributed by atoms with Gasteiger partial charge in [-0.1, -0.05) is 60.7 Å². The second-order valence-electron chi connectivity index (χ2n) is 10.3. The molecule has 3 heterocycles. The standard InChI is InChI=1S/C31H32N6O/c32-30(38)29(23-13-14-23)26(18-21-8-3-1-4-9-21)35-31-33-16-15-28(36-31)37-17-7-12-24-20-34-25(19-27(24)37)22-10-5-2-6-11-22/h1-6,8-11,15-16,19-20,23,26,29H,7,12-14,17-18H2,(H2,32,38)(H,33,35,36)/t26?,29-/m1/s1. The lowest BCUT2D eigenvalue weighted by Crippen LogP contribution is -2.41. The normalized spacial score (nSPS) is 16.4. The summed E-state index contributed by atoms with van der Waals surface area (Å²) in [6, 6.07) is 24.4. The molecular weight excluding hydrogens is 472 g/mol. The molecule has 1 saturated carbocycles. The van der Waals surface area contributed by atoms with Crippen LogP contribution < -0.4 is 16.0 Å². The van der Waals surface area contributed by atoms with E-state index in [0.29, 0.717) is 18.3 Å². The molecule has 3 N–H and O–H groups in total. The Morgan fingerprint density at radius 1 is 1.03 bits per heavy atom. The average Bonchev–Trinajstić information content (AvgIpc) is 3.78. The van der Waals surface area contributed by atoms with Crippen molar-refractivity contribution in [2.45, 2.75) is 38.1 Å². The van der Waals surface area contributed by atoms with E-state index in [1.54, 1.807) is 6.20 Å². The minimum Gasteiger partial charge on any atom is -0.369 e. The predicted molar refractivity (Wildman–Crippen MR) is 150 cm³/mol. The van der Waals surface area contributed by atoms with Crippen molar-refractivity contribution in [1.82, 2.24) is 15.0 Å². The fourth-order valence-electron chi connectivity index (χ4n) is 5.55. The number of nitrogens with zero attached hydrogens (tertiary/aromatic N) is 4. The molecule has 2 atom stereocenters. The van der Waals surface area contributed by atoms with Crippen LogP contribution in [-0.4, -0.2) is 33.4 Å². The Morgan fingerprint density at radius 2 is 1.79 bits per heavy atom. The first-order valence-electron chi connectivity index (χ1n) is 13.4. The number of hydrogen-bond acceptors (Lipinski definition) is 6. The number of nitrogens with two attached hydrogens (primary N) is 1. The van der Waals surface area contributed by atoms with Gasteiger partial charge in [-0.15, -0.1) is 0 Å². The minimum atomic E-state index is -0.266. The van der Waals surface area contributed by atoms with Gasteiger partial charge in [-0.25, -0.2) is 4.98 Å². The Bertz CT molecular complexity index is 1410. The largest absolute Gasteiger partial charge is 0.369 e. The Hall–Kier alpha value is -4.26. The van der Waals surface area contributed by atoms with Crippen LogP contribution in [0.2, 0.25) is 0 Å². The zero-order chi connectivity index (χ0) is 25.9. The molecule has 2 aromatic heterocycles. The highest BCUT2D eigenvalue weighted by molar-refractivity contribution is 5.79. The summed E-state index contributed by atoms with van der Waals surface area (Å²) in [7, 11) is 0. The zero-order valence-electron chi connectivity index (χ0n) is 21.3. The Balaban J connectivity index is 1.30. The van der Waals surface area contributed by atoms with Crippen molar-refractivity contribution < 1.29 is 4.79 Å². The minimum absolute atomic E-state index is 0.180. The first kappa shape index (κ1) is 24.1. The van der Waals surface area contributed by atoms with E-state index in [4.69, 9.17) is 15.7 Å². The molecule has 0 spiro atoms. The molecule has 1 aliphatic heterocycles. The fourth-order valence-corrected chi connectivity index (χ4v) is 5.55. The van der Waals surface area contributed by atoms with Gasteiger partial charge in [-0.3, -0.25) is 9.78 Å². The average molecular weight is 505 g/mol. The van der Waals surface area contributed by atoms with E-state index in [0.717, 1.165) is 60.6 Å². The lowest BCUT2D eigenvalue weighted by Gasteiger charge is -2.31. The maximum atomic E-state index is 12.5. The van der Waals surface area contributed by atoms with E-state index < -0.39 is 0 Å². The highest BCUT2D eigenvalue weighted by atomic mass is 16.1. The van der Waals surface area contributed by atoms with Gasteiger partial charge in [0, 0.05) is 36.2 Å². The molecule has 192 valence electrons. The SMILES string of the molecule is NC(=O)[C@H](C1CC1)C(Cc1ccccc1)Nc1nccc(N2CCCc3cnc(-c4ccccc4)cc32)n1. The molecule has 6 rings (SSSR count). The topological polar surface area (TPSA) is 97.0 Å². The highest BCUT2D eigenvalue weighted by Crippen LogP contribution is 2.40. The quantitative estimate of drug-likeness (QED) is 0.327.